The maximum absolute atomic E-state index is 12.4. The van der Waals surface area contributed by atoms with Gasteiger partial charge in [0.2, 0.25) is 11.7 Å². The van der Waals surface area contributed by atoms with E-state index >= 15 is 0 Å². The first-order valence-corrected chi connectivity index (χ1v) is 12.7. The van der Waals surface area contributed by atoms with Crippen LogP contribution in [0.15, 0.2) is 29.6 Å². The molecule has 194 valence electrons. The predicted octanol–water partition coefficient (Wildman–Crippen LogP) is 3.86. The Balaban J connectivity index is 1.67. The second-order valence-corrected chi connectivity index (χ2v) is 9.48. The van der Waals surface area contributed by atoms with Crippen molar-refractivity contribution in [1.82, 2.24) is 25.1 Å². The van der Waals surface area contributed by atoms with Gasteiger partial charge in [0.05, 0.1) is 39.5 Å². The summed E-state index contributed by atoms with van der Waals surface area (Å²) < 4.78 is 17.8. The fourth-order valence-corrected chi connectivity index (χ4v) is 4.01. The van der Waals surface area contributed by atoms with Gasteiger partial charge in [-0.2, -0.15) is 5.10 Å². The Kier molecular flexibility index (Phi) is 9.80. The molecular formula is C25H34N6O4S. The van der Waals surface area contributed by atoms with E-state index in [0.29, 0.717) is 41.4 Å². The summed E-state index contributed by atoms with van der Waals surface area (Å²) in [5, 5.41) is 12.4. The number of carbonyl (C=O) groups excluding carboxylic acids is 1. The largest absolute Gasteiger partial charge is 0.493 e. The number of nitrogens with one attached hydrogen (secondary N) is 2. The summed E-state index contributed by atoms with van der Waals surface area (Å²) in [6, 6.07) is 3.55. The van der Waals surface area contributed by atoms with Crippen molar-refractivity contribution < 1.29 is 19.0 Å². The number of anilines is 1. The predicted molar refractivity (Wildman–Crippen MR) is 143 cm³/mol. The smallest absolute Gasteiger partial charge is 0.244 e. The second-order valence-electron chi connectivity index (χ2n) is 8.25. The molecule has 1 amide bonds. The van der Waals surface area contributed by atoms with Crippen LogP contribution in [0.25, 0.3) is 17.1 Å². The van der Waals surface area contributed by atoms with Crippen molar-refractivity contribution in [2.24, 2.45) is 5.92 Å². The molecule has 3 rings (SSSR count). The Labute approximate surface area is 215 Å². The van der Waals surface area contributed by atoms with E-state index < -0.39 is 0 Å². The Morgan fingerprint density at radius 3 is 2.47 bits per heavy atom. The lowest BCUT2D eigenvalue weighted by Crippen LogP contribution is -2.25. The standard InChI is InChI=1S/C25H34N6O4S/c1-7-36-25-29-23(27-14-16(2)3)18-15-28-31(24(18)30-25)11-10-26-21(32)9-8-17-12-19(33-4)22(35-6)20(13-17)34-5/h8-9,12-13,15-16H,7,10-11,14H2,1-6H3,(H,26,32)(H,27,29,30)/b9-8-. The summed E-state index contributed by atoms with van der Waals surface area (Å²) in [6.45, 7) is 8.04. The van der Waals surface area contributed by atoms with Crippen LogP contribution >= 0.6 is 11.8 Å². The zero-order valence-corrected chi connectivity index (χ0v) is 22.4. The quantitative estimate of drug-likeness (QED) is 0.199. The highest BCUT2D eigenvalue weighted by Crippen LogP contribution is 2.38. The molecule has 0 saturated carbocycles. The van der Waals surface area contributed by atoms with Crippen LogP contribution in [-0.4, -0.2) is 65.8 Å². The Morgan fingerprint density at radius 1 is 1.14 bits per heavy atom. The number of thioether (sulfide) groups is 1. The zero-order valence-electron chi connectivity index (χ0n) is 21.6. The van der Waals surface area contributed by atoms with Crippen molar-refractivity contribution in [3.63, 3.8) is 0 Å². The molecule has 0 unspecified atom stereocenters. The normalized spacial score (nSPS) is 11.3. The van der Waals surface area contributed by atoms with Crippen molar-refractivity contribution in [2.45, 2.75) is 32.5 Å². The van der Waals surface area contributed by atoms with Gasteiger partial charge in [0.1, 0.15) is 5.82 Å². The zero-order chi connectivity index (χ0) is 26.1. The van der Waals surface area contributed by atoms with Crippen LogP contribution in [0.1, 0.15) is 26.3 Å². The van der Waals surface area contributed by atoms with Crippen molar-refractivity contribution in [2.75, 3.05) is 45.5 Å². The fourth-order valence-electron chi connectivity index (χ4n) is 3.44. The maximum atomic E-state index is 12.4. The molecular weight excluding hydrogens is 480 g/mol. The van der Waals surface area contributed by atoms with Crippen molar-refractivity contribution in [3.05, 3.63) is 30.0 Å². The molecule has 36 heavy (non-hydrogen) atoms. The van der Waals surface area contributed by atoms with Crippen molar-refractivity contribution in [3.8, 4) is 17.2 Å². The molecule has 2 aromatic heterocycles. The number of methoxy groups -OCH3 is 3. The van der Waals surface area contributed by atoms with Gasteiger partial charge in [-0.15, -0.1) is 0 Å². The Morgan fingerprint density at radius 2 is 1.86 bits per heavy atom. The van der Waals surface area contributed by atoms with Gasteiger partial charge in [0, 0.05) is 19.2 Å². The number of aromatic nitrogens is 4. The van der Waals surface area contributed by atoms with E-state index in [0.717, 1.165) is 34.7 Å². The first-order chi connectivity index (χ1) is 17.4. The number of carbonyl (C=O) groups is 1. The molecule has 0 spiro atoms. The average molecular weight is 515 g/mol. The number of fused-ring (bicyclic) bond motifs is 1. The monoisotopic (exact) mass is 514 g/mol. The molecule has 0 bridgehead atoms. The van der Waals surface area contributed by atoms with E-state index in [2.05, 4.69) is 46.5 Å². The molecule has 0 radical (unpaired) electrons. The molecule has 1 aromatic carbocycles. The van der Waals surface area contributed by atoms with E-state index in [-0.39, 0.29) is 5.91 Å². The summed E-state index contributed by atoms with van der Waals surface area (Å²) in [4.78, 5) is 21.8. The first-order valence-electron chi connectivity index (χ1n) is 11.8. The summed E-state index contributed by atoms with van der Waals surface area (Å²) in [5.74, 6) is 3.46. The summed E-state index contributed by atoms with van der Waals surface area (Å²) >= 11 is 1.58. The van der Waals surface area contributed by atoms with Crippen LogP contribution in [0.2, 0.25) is 0 Å². The van der Waals surface area contributed by atoms with Gasteiger partial charge in [-0.05, 0) is 35.4 Å². The van der Waals surface area contributed by atoms with Gasteiger partial charge in [-0.3, -0.25) is 4.79 Å². The third-order valence-electron chi connectivity index (χ3n) is 5.16. The number of amides is 1. The molecule has 0 fully saturated rings. The van der Waals surface area contributed by atoms with Crippen LogP contribution < -0.4 is 24.8 Å². The fraction of sp³-hybridized carbons (Fsp3) is 0.440. The molecule has 0 aliphatic rings. The lowest BCUT2D eigenvalue weighted by atomic mass is 10.1. The highest BCUT2D eigenvalue weighted by Gasteiger charge is 2.14. The lowest BCUT2D eigenvalue weighted by Gasteiger charge is -2.12. The second kappa shape index (κ2) is 13.0. The highest BCUT2D eigenvalue weighted by molar-refractivity contribution is 7.99. The van der Waals surface area contributed by atoms with E-state index in [1.165, 1.54) is 6.08 Å². The minimum atomic E-state index is -0.226. The topological polar surface area (TPSA) is 112 Å². The first kappa shape index (κ1) is 27.1. The van der Waals surface area contributed by atoms with Crippen molar-refractivity contribution in [1.29, 1.82) is 0 Å². The molecule has 0 aliphatic carbocycles. The molecule has 2 N–H and O–H groups in total. The molecule has 2 heterocycles. The van der Waals surface area contributed by atoms with Crippen LogP contribution in [0.5, 0.6) is 17.2 Å². The van der Waals surface area contributed by atoms with Gasteiger partial charge < -0.3 is 24.8 Å². The van der Waals surface area contributed by atoms with E-state index in [1.807, 2.05) is 0 Å². The minimum absolute atomic E-state index is 0.226. The number of benzene rings is 1. The van der Waals surface area contributed by atoms with Gasteiger partial charge in [0.15, 0.2) is 22.3 Å². The number of hydrogen-bond donors (Lipinski definition) is 2. The van der Waals surface area contributed by atoms with E-state index in [1.54, 1.807) is 62.2 Å². The van der Waals surface area contributed by atoms with E-state index in [9.17, 15) is 4.79 Å². The van der Waals surface area contributed by atoms with Gasteiger partial charge in [-0.1, -0.05) is 32.5 Å². The molecule has 11 heteroatoms. The van der Waals surface area contributed by atoms with Gasteiger partial charge in [0.25, 0.3) is 0 Å². The number of ether oxygens (including phenoxy) is 3. The minimum Gasteiger partial charge on any atom is -0.493 e. The number of rotatable bonds is 13. The number of nitrogens with zero attached hydrogens (tertiary/aromatic N) is 4. The van der Waals surface area contributed by atoms with Crippen LogP contribution in [-0.2, 0) is 11.3 Å². The third kappa shape index (κ3) is 6.81. The van der Waals surface area contributed by atoms with Gasteiger partial charge >= 0.3 is 0 Å². The van der Waals surface area contributed by atoms with Crippen LogP contribution in [0, 0.1) is 5.92 Å². The van der Waals surface area contributed by atoms with Crippen LogP contribution in [0.4, 0.5) is 5.82 Å². The highest BCUT2D eigenvalue weighted by atomic mass is 32.2. The lowest BCUT2D eigenvalue weighted by molar-refractivity contribution is -0.116. The molecule has 3 aromatic rings. The summed E-state index contributed by atoms with van der Waals surface area (Å²) in [7, 11) is 4.65. The number of hydrogen-bond acceptors (Lipinski definition) is 9. The van der Waals surface area contributed by atoms with Crippen molar-refractivity contribution >= 4 is 40.6 Å². The molecule has 0 saturated heterocycles. The van der Waals surface area contributed by atoms with Gasteiger partial charge in [-0.25, -0.2) is 14.6 Å². The maximum Gasteiger partial charge on any atom is 0.244 e. The summed E-state index contributed by atoms with van der Waals surface area (Å²) in [6.07, 6.45) is 4.93. The Bertz CT molecular complexity index is 1190. The Hall–Kier alpha value is -3.47. The molecule has 0 aliphatic heterocycles. The molecule has 0 atom stereocenters. The van der Waals surface area contributed by atoms with Crippen LogP contribution in [0.3, 0.4) is 0 Å². The van der Waals surface area contributed by atoms with E-state index in [4.69, 9.17) is 14.2 Å². The molecule has 10 nitrogen and oxygen atoms in total. The average Bonchev–Trinajstić information content (AvgIpc) is 3.28. The third-order valence-corrected chi connectivity index (χ3v) is 5.89. The SMILES string of the molecule is CCSc1nc(NCC(C)C)c2cnn(CCNC(=O)/C=C\c3cc(OC)c(OC)c(OC)c3)c2n1. The summed E-state index contributed by atoms with van der Waals surface area (Å²) in [5.41, 5.74) is 1.49.